The van der Waals surface area contributed by atoms with E-state index in [-0.39, 0.29) is 23.7 Å². The summed E-state index contributed by atoms with van der Waals surface area (Å²) in [7, 11) is 3.11. The fourth-order valence-electron chi connectivity index (χ4n) is 4.22. The van der Waals surface area contributed by atoms with Crippen LogP contribution in [0.2, 0.25) is 5.02 Å². The Hall–Kier alpha value is -2.78. The molecule has 1 amide bonds. The lowest BCUT2D eigenvalue weighted by Crippen LogP contribution is -2.41. The number of benzene rings is 2. The van der Waals surface area contributed by atoms with Crippen molar-refractivity contribution < 1.29 is 18.7 Å². The molecule has 1 aromatic heterocycles. The molecule has 2 aromatic carbocycles. The second-order valence-corrected chi connectivity index (χ2v) is 9.94. The van der Waals surface area contributed by atoms with Gasteiger partial charge in [-0.25, -0.2) is 9.37 Å². The van der Waals surface area contributed by atoms with Gasteiger partial charge < -0.3 is 25.1 Å². The van der Waals surface area contributed by atoms with Crippen LogP contribution in [-0.4, -0.2) is 48.4 Å². The van der Waals surface area contributed by atoms with Gasteiger partial charge in [-0.2, -0.15) is 0 Å². The zero-order valence-corrected chi connectivity index (χ0v) is 22.5. The summed E-state index contributed by atoms with van der Waals surface area (Å²) in [4.78, 5) is 18.2. The number of rotatable bonds is 13. The summed E-state index contributed by atoms with van der Waals surface area (Å²) in [6.07, 6.45) is 2.29. The number of nitrogens with one attached hydrogen (secondary N) is 1. The van der Waals surface area contributed by atoms with Gasteiger partial charge in [-0.05, 0) is 48.6 Å². The van der Waals surface area contributed by atoms with Gasteiger partial charge in [0.15, 0.2) is 0 Å². The molecule has 3 N–H and O–H groups in total. The van der Waals surface area contributed by atoms with Gasteiger partial charge in [0, 0.05) is 43.6 Å². The number of amides is 1. The molecule has 9 heteroatoms. The van der Waals surface area contributed by atoms with Crippen LogP contribution < -0.4 is 11.1 Å². The van der Waals surface area contributed by atoms with E-state index in [0.29, 0.717) is 42.5 Å². The topological polar surface area (TPSA) is 91.4 Å². The summed E-state index contributed by atoms with van der Waals surface area (Å²) < 4.78 is 26.5. The maximum atomic E-state index is 13.9. The standard InChI is InChI=1S/C28H36ClFN4O3/c1-18(2)26(33-28(35)25(37-4)12-11-23(31)17-36-3)27-32-24(20-8-6-9-21(29)14-20)16-34(27)15-19-7-5-10-22(30)13-19/h5-10,13-14,16,18,23,25-26H,11-12,15,17,31H2,1-4H3,(H,33,35)/t23-,25?,26+/m0/s1. The second kappa shape index (κ2) is 13.7. The molecular weight excluding hydrogens is 495 g/mol. The number of carbonyl (C=O) groups is 1. The molecule has 1 heterocycles. The predicted molar refractivity (Wildman–Crippen MR) is 144 cm³/mol. The Labute approximate surface area is 223 Å². The van der Waals surface area contributed by atoms with Gasteiger partial charge >= 0.3 is 0 Å². The van der Waals surface area contributed by atoms with Gasteiger partial charge in [0.05, 0.1) is 18.3 Å². The number of halogens is 2. The minimum absolute atomic E-state index is 0.0121. The van der Waals surface area contributed by atoms with Crippen molar-refractivity contribution in [2.75, 3.05) is 20.8 Å². The normalized spacial score (nSPS) is 13.9. The van der Waals surface area contributed by atoms with Crippen molar-refractivity contribution in [2.24, 2.45) is 11.7 Å². The molecule has 0 saturated heterocycles. The van der Waals surface area contributed by atoms with Gasteiger partial charge in [-0.1, -0.05) is 49.7 Å². The van der Waals surface area contributed by atoms with Gasteiger partial charge in [-0.15, -0.1) is 0 Å². The van der Waals surface area contributed by atoms with Crippen molar-refractivity contribution in [3.8, 4) is 11.3 Å². The van der Waals surface area contributed by atoms with Crippen molar-refractivity contribution in [2.45, 2.75) is 51.4 Å². The summed E-state index contributed by atoms with van der Waals surface area (Å²) in [5.41, 5.74) is 8.38. The lowest BCUT2D eigenvalue weighted by Gasteiger charge is -2.26. The van der Waals surface area contributed by atoms with E-state index in [1.165, 1.54) is 19.2 Å². The quantitative estimate of drug-likeness (QED) is 0.325. The van der Waals surface area contributed by atoms with Crippen LogP contribution >= 0.6 is 11.6 Å². The maximum Gasteiger partial charge on any atom is 0.249 e. The Morgan fingerprint density at radius 3 is 2.57 bits per heavy atom. The molecule has 0 saturated carbocycles. The Kier molecular flexibility index (Phi) is 10.6. The zero-order chi connectivity index (χ0) is 26.9. The van der Waals surface area contributed by atoms with E-state index < -0.39 is 12.1 Å². The van der Waals surface area contributed by atoms with E-state index in [1.807, 2.05) is 48.9 Å². The number of aromatic nitrogens is 2. The lowest BCUT2D eigenvalue weighted by molar-refractivity contribution is -0.132. The van der Waals surface area contributed by atoms with Crippen molar-refractivity contribution in [1.29, 1.82) is 0 Å². The fourth-order valence-corrected chi connectivity index (χ4v) is 4.41. The van der Waals surface area contributed by atoms with Gasteiger partial charge in [-0.3, -0.25) is 4.79 Å². The summed E-state index contributed by atoms with van der Waals surface area (Å²) >= 11 is 6.23. The molecular formula is C28H36ClFN4O3. The van der Waals surface area contributed by atoms with Crippen LogP contribution in [0.1, 0.15) is 44.1 Å². The van der Waals surface area contributed by atoms with Crippen molar-refractivity contribution in [1.82, 2.24) is 14.9 Å². The summed E-state index contributed by atoms with van der Waals surface area (Å²) in [5, 5.41) is 3.73. The number of methoxy groups -OCH3 is 2. The van der Waals surface area contributed by atoms with E-state index in [4.69, 9.17) is 31.8 Å². The Balaban J connectivity index is 1.92. The van der Waals surface area contributed by atoms with Crippen LogP contribution in [0.3, 0.4) is 0 Å². The monoisotopic (exact) mass is 530 g/mol. The Bertz CT molecular complexity index is 1170. The lowest BCUT2D eigenvalue weighted by atomic mass is 10.0. The smallest absolute Gasteiger partial charge is 0.249 e. The highest BCUT2D eigenvalue weighted by atomic mass is 35.5. The minimum atomic E-state index is -0.664. The third-order valence-corrected chi connectivity index (χ3v) is 6.40. The largest absolute Gasteiger partial charge is 0.383 e. The fraction of sp³-hybridized carbons (Fsp3) is 0.429. The highest BCUT2D eigenvalue weighted by molar-refractivity contribution is 6.30. The number of hydrogen-bond donors (Lipinski definition) is 2. The highest BCUT2D eigenvalue weighted by Gasteiger charge is 2.28. The number of imidazole rings is 1. The molecule has 0 aliphatic rings. The molecule has 3 aromatic rings. The number of carbonyl (C=O) groups excluding carboxylic acids is 1. The number of ether oxygens (including phenoxy) is 2. The first-order valence-electron chi connectivity index (χ1n) is 12.4. The molecule has 0 fully saturated rings. The molecule has 3 rings (SSSR count). The van der Waals surface area contributed by atoms with Crippen LogP contribution in [0.5, 0.6) is 0 Å². The molecule has 0 radical (unpaired) electrons. The molecule has 0 bridgehead atoms. The van der Waals surface area contributed by atoms with Crippen molar-refractivity contribution in [3.05, 3.63) is 77.0 Å². The molecule has 1 unspecified atom stereocenters. The Morgan fingerprint density at radius 2 is 1.92 bits per heavy atom. The van der Waals surface area contributed by atoms with E-state index in [1.54, 1.807) is 19.2 Å². The van der Waals surface area contributed by atoms with Crippen LogP contribution in [0.4, 0.5) is 4.39 Å². The SMILES string of the molecule is COC[C@@H](N)CCC(OC)C(=O)N[C@@H](c1nc(-c2cccc(Cl)c2)cn1Cc1cccc(F)c1)C(C)C. The van der Waals surface area contributed by atoms with E-state index in [2.05, 4.69) is 5.32 Å². The molecule has 0 aliphatic carbocycles. The van der Waals surface area contributed by atoms with Crippen LogP contribution in [-0.2, 0) is 20.8 Å². The molecule has 0 spiro atoms. The van der Waals surface area contributed by atoms with E-state index >= 15 is 0 Å². The van der Waals surface area contributed by atoms with Crippen LogP contribution in [0.25, 0.3) is 11.3 Å². The van der Waals surface area contributed by atoms with Gasteiger partial charge in [0.2, 0.25) is 5.91 Å². The Morgan fingerprint density at radius 1 is 1.16 bits per heavy atom. The average Bonchev–Trinajstić information content (AvgIpc) is 3.26. The van der Waals surface area contributed by atoms with E-state index in [9.17, 15) is 9.18 Å². The average molecular weight is 531 g/mol. The van der Waals surface area contributed by atoms with Crippen LogP contribution in [0, 0.1) is 11.7 Å². The van der Waals surface area contributed by atoms with Crippen molar-refractivity contribution >= 4 is 17.5 Å². The number of nitrogens with zero attached hydrogens (tertiary/aromatic N) is 2. The number of nitrogens with two attached hydrogens (primary N) is 1. The molecule has 7 nitrogen and oxygen atoms in total. The summed E-state index contributed by atoms with van der Waals surface area (Å²) in [6.45, 7) is 4.83. The minimum Gasteiger partial charge on any atom is -0.383 e. The molecule has 37 heavy (non-hydrogen) atoms. The van der Waals surface area contributed by atoms with Gasteiger partial charge in [0.25, 0.3) is 0 Å². The van der Waals surface area contributed by atoms with Gasteiger partial charge in [0.1, 0.15) is 17.7 Å². The predicted octanol–water partition coefficient (Wildman–Crippen LogP) is 4.97. The third-order valence-electron chi connectivity index (χ3n) is 6.17. The first-order chi connectivity index (χ1) is 17.7. The van der Waals surface area contributed by atoms with Crippen LogP contribution in [0.15, 0.2) is 54.7 Å². The molecule has 3 atom stereocenters. The molecule has 0 aliphatic heterocycles. The van der Waals surface area contributed by atoms with E-state index in [0.717, 1.165) is 11.1 Å². The molecule has 200 valence electrons. The summed E-state index contributed by atoms with van der Waals surface area (Å²) in [5.74, 6) is 0.125. The second-order valence-electron chi connectivity index (χ2n) is 9.50. The first kappa shape index (κ1) is 28.8. The van der Waals surface area contributed by atoms with Crippen molar-refractivity contribution in [3.63, 3.8) is 0 Å². The highest BCUT2D eigenvalue weighted by Crippen LogP contribution is 2.28. The number of hydrogen-bond acceptors (Lipinski definition) is 5. The summed E-state index contributed by atoms with van der Waals surface area (Å²) in [6, 6.07) is 13.3. The maximum absolute atomic E-state index is 13.9. The zero-order valence-electron chi connectivity index (χ0n) is 21.8. The first-order valence-corrected chi connectivity index (χ1v) is 12.7. The third kappa shape index (κ3) is 8.10.